The van der Waals surface area contributed by atoms with Gasteiger partial charge < -0.3 is 9.84 Å². The fraction of sp³-hybridized carbons (Fsp3) is 0.538. The van der Waals surface area contributed by atoms with Crippen molar-refractivity contribution >= 4 is 0 Å². The largest absolute Gasteiger partial charge is 0.508 e. The van der Waals surface area contributed by atoms with Crippen molar-refractivity contribution in [3.63, 3.8) is 0 Å². The summed E-state index contributed by atoms with van der Waals surface area (Å²) in [5.74, 6) is -0.381. The summed E-state index contributed by atoms with van der Waals surface area (Å²) < 4.78 is 18.2. The summed E-state index contributed by atoms with van der Waals surface area (Å²) >= 11 is 0. The predicted octanol–water partition coefficient (Wildman–Crippen LogP) is 2.31. The minimum Gasteiger partial charge on any atom is -0.508 e. The highest BCUT2D eigenvalue weighted by molar-refractivity contribution is 5.35. The zero-order chi connectivity index (χ0) is 12.4. The second kappa shape index (κ2) is 5.02. The van der Waals surface area contributed by atoms with E-state index in [4.69, 9.17) is 4.74 Å². The van der Waals surface area contributed by atoms with Crippen LogP contribution in [0.1, 0.15) is 24.9 Å². The maximum atomic E-state index is 12.9. The molecule has 2 unspecified atom stereocenters. The highest BCUT2D eigenvalue weighted by atomic mass is 19.1. The van der Waals surface area contributed by atoms with Crippen LogP contribution in [0.2, 0.25) is 0 Å². The molecule has 1 saturated heterocycles. The van der Waals surface area contributed by atoms with Gasteiger partial charge in [-0.3, -0.25) is 4.90 Å². The summed E-state index contributed by atoms with van der Waals surface area (Å²) in [6.07, 6.45) is 1.27. The molecule has 1 N–H and O–H groups in total. The Kier molecular flexibility index (Phi) is 3.64. The molecule has 94 valence electrons. The van der Waals surface area contributed by atoms with Gasteiger partial charge in [0.25, 0.3) is 0 Å². The Morgan fingerprint density at radius 2 is 2.29 bits per heavy atom. The number of phenols is 1. The Bertz CT molecular complexity index is 397. The predicted molar refractivity (Wildman–Crippen MR) is 63.5 cm³/mol. The second-order valence-corrected chi connectivity index (χ2v) is 4.52. The van der Waals surface area contributed by atoms with Crippen molar-refractivity contribution in [2.75, 3.05) is 20.2 Å². The van der Waals surface area contributed by atoms with Crippen molar-refractivity contribution < 1.29 is 14.2 Å². The van der Waals surface area contributed by atoms with Gasteiger partial charge in [0.05, 0.1) is 6.10 Å². The minimum absolute atomic E-state index is 0.0263. The van der Waals surface area contributed by atoms with Gasteiger partial charge in [-0.15, -0.1) is 0 Å². The van der Waals surface area contributed by atoms with Crippen LogP contribution in [0.3, 0.4) is 0 Å². The van der Waals surface area contributed by atoms with Gasteiger partial charge in [0.2, 0.25) is 0 Å². The van der Waals surface area contributed by atoms with E-state index in [0.717, 1.165) is 31.1 Å². The first kappa shape index (κ1) is 12.3. The maximum absolute atomic E-state index is 12.9. The molecule has 1 fully saturated rings. The van der Waals surface area contributed by atoms with Gasteiger partial charge in [-0.05, 0) is 19.4 Å². The van der Waals surface area contributed by atoms with Crippen LogP contribution < -0.4 is 0 Å². The van der Waals surface area contributed by atoms with E-state index < -0.39 is 5.82 Å². The third-order valence-corrected chi connectivity index (χ3v) is 3.50. The highest BCUT2D eigenvalue weighted by Crippen LogP contribution is 2.31. The molecule has 2 atom stereocenters. The van der Waals surface area contributed by atoms with Crippen molar-refractivity contribution in [2.24, 2.45) is 0 Å². The zero-order valence-electron chi connectivity index (χ0n) is 10.2. The van der Waals surface area contributed by atoms with Crippen LogP contribution >= 0.6 is 0 Å². The first-order valence-electron chi connectivity index (χ1n) is 5.87. The molecule has 0 bridgehead atoms. The Morgan fingerprint density at radius 1 is 1.53 bits per heavy atom. The topological polar surface area (TPSA) is 32.7 Å². The fourth-order valence-corrected chi connectivity index (χ4v) is 2.36. The third-order valence-electron chi connectivity index (χ3n) is 3.50. The first-order chi connectivity index (χ1) is 8.11. The van der Waals surface area contributed by atoms with E-state index in [9.17, 15) is 9.50 Å². The molecule has 2 rings (SSSR count). The lowest BCUT2D eigenvalue weighted by molar-refractivity contribution is 0.102. The quantitative estimate of drug-likeness (QED) is 0.878. The van der Waals surface area contributed by atoms with Crippen molar-refractivity contribution in [3.05, 3.63) is 29.6 Å². The monoisotopic (exact) mass is 239 g/mol. The van der Waals surface area contributed by atoms with Crippen LogP contribution in [0.15, 0.2) is 18.2 Å². The molecule has 0 radical (unpaired) electrons. The summed E-state index contributed by atoms with van der Waals surface area (Å²) in [6.45, 7) is 3.82. The van der Waals surface area contributed by atoms with Gasteiger partial charge >= 0.3 is 0 Å². The standard InChI is InChI=1S/C13H18FNO2/c1-9(15-6-5-11(8-15)17-2)12-4-3-10(14)7-13(12)16/h3-4,7,9,11,16H,5-6,8H2,1-2H3. The SMILES string of the molecule is COC1CCN(C(C)c2ccc(F)cc2O)C1. The Balaban J connectivity index is 2.12. The van der Waals surface area contributed by atoms with Gasteiger partial charge in [0.15, 0.2) is 0 Å². The number of benzene rings is 1. The summed E-state index contributed by atoms with van der Waals surface area (Å²) in [6, 6.07) is 4.27. The van der Waals surface area contributed by atoms with E-state index >= 15 is 0 Å². The number of halogens is 1. The molecule has 1 heterocycles. The lowest BCUT2D eigenvalue weighted by Crippen LogP contribution is -2.26. The number of methoxy groups -OCH3 is 1. The molecule has 3 nitrogen and oxygen atoms in total. The number of phenolic OH excluding ortho intramolecular Hbond substituents is 1. The molecule has 17 heavy (non-hydrogen) atoms. The van der Waals surface area contributed by atoms with Crippen LogP contribution in [0, 0.1) is 5.82 Å². The summed E-state index contributed by atoms with van der Waals surface area (Å²) in [5.41, 5.74) is 0.767. The summed E-state index contributed by atoms with van der Waals surface area (Å²) in [5, 5.41) is 9.75. The molecule has 0 saturated carbocycles. The van der Waals surface area contributed by atoms with Gasteiger partial charge in [0, 0.05) is 37.9 Å². The average Bonchev–Trinajstić information content (AvgIpc) is 2.76. The molecular formula is C13H18FNO2. The van der Waals surface area contributed by atoms with Crippen molar-refractivity contribution in [3.8, 4) is 5.75 Å². The molecule has 0 spiro atoms. The Hall–Kier alpha value is -1.13. The van der Waals surface area contributed by atoms with E-state index in [0.29, 0.717) is 0 Å². The molecule has 1 aromatic carbocycles. The van der Waals surface area contributed by atoms with E-state index in [1.54, 1.807) is 13.2 Å². The van der Waals surface area contributed by atoms with Gasteiger partial charge in [0.1, 0.15) is 11.6 Å². The lowest BCUT2D eigenvalue weighted by atomic mass is 10.1. The van der Waals surface area contributed by atoms with Gasteiger partial charge in [-0.1, -0.05) is 6.07 Å². The van der Waals surface area contributed by atoms with E-state index in [-0.39, 0.29) is 17.9 Å². The van der Waals surface area contributed by atoms with Crippen molar-refractivity contribution in [1.29, 1.82) is 0 Å². The number of hydrogen-bond acceptors (Lipinski definition) is 3. The first-order valence-corrected chi connectivity index (χ1v) is 5.87. The summed E-state index contributed by atoms with van der Waals surface area (Å²) in [7, 11) is 1.72. The number of aromatic hydroxyl groups is 1. The van der Waals surface area contributed by atoms with E-state index in [1.807, 2.05) is 6.92 Å². The van der Waals surface area contributed by atoms with Crippen LogP contribution in [0.25, 0.3) is 0 Å². The number of nitrogens with zero attached hydrogens (tertiary/aromatic N) is 1. The normalized spacial score (nSPS) is 22.9. The van der Waals surface area contributed by atoms with Crippen LogP contribution in [0.5, 0.6) is 5.75 Å². The number of ether oxygens (including phenoxy) is 1. The van der Waals surface area contributed by atoms with Gasteiger partial charge in [-0.25, -0.2) is 4.39 Å². The molecule has 0 aliphatic carbocycles. The van der Waals surface area contributed by atoms with Gasteiger partial charge in [-0.2, -0.15) is 0 Å². The van der Waals surface area contributed by atoms with Crippen molar-refractivity contribution in [1.82, 2.24) is 4.90 Å². The maximum Gasteiger partial charge on any atom is 0.126 e. The van der Waals surface area contributed by atoms with E-state index in [1.165, 1.54) is 6.07 Å². The highest BCUT2D eigenvalue weighted by Gasteiger charge is 2.27. The molecular weight excluding hydrogens is 221 g/mol. The molecule has 1 aromatic rings. The third kappa shape index (κ3) is 2.58. The zero-order valence-corrected chi connectivity index (χ0v) is 10.2. The number of hydrogen-bond donors (Lipinski definition) is 1. The molecule has 1 aliphatic rings. The van der Waals surface area contributed by atoms with Crippen LogP contribution in [0.4, 0.5) is 4.39 Å². The summed E-state index contributed by atoms with van der Waals surface area (Å²) in [4.78, 5) is 2.24. The molecule has 4 heteroatoms. The minimum atomic E-state index is -0.408. The smallest absolute Gasteiger partial charge is 0.126 e. The molecule has 0 aromatic heterocycles. The molecule has 0 amide bonds. The van der Waals surface area contributed by atoms with Crippen LogP contribution in [-0.2, 0) is 4.74 Å². The van der Waals surface area contributed by atoms with E-state index in [2.05, 4.69) is 4.90 Å². The lowest BCUT2D eigenvalue weighted by Gasteiger charge is -2.25. The fourth-order valence-electron chi connectivity index (χ4n) is 2.36. The van der Waals surface area contributed by atoms with Crippen LogP contribution in [-0.4, -0.2) is 36.3 Å². The average molecular weight is 239 g/mol. The number of likely N-dealkylation sites (tertiary alicyclic amines) is 1. The second-order valence-electron chi connectivity index (χ2n) is 4.52. The Morgan fingerprint density at radius 3 is 2.88 bits per heavy atom. The Labute approximate surface area is 101 Å². The van der Waals surface area contributed by atoms with Crippen molar-refractivity contribution in [2.45, 2.75) is 25.5 Å². The molecule has 1 aliphatic heterocycles. The number of rotatable bonds is 3.